The van der Waals surface area contributed by atoms with Crippen LogP contribution in [-0.4, -0.2) is 54.3 Å². The molecule has 7 heteroatoms. The molecule has 122 valence electrons. The summed E-state index contributed by atoms with van der Waals surface area (Å²) in [6.45, 7) is 5.32. The molecule has 0 aliphatic carbocycles. The van der Waals surface area contributed by atoms with E-state index in [4.69, 9.17) is 4.74 Å². The minimum Gasteiger partial charge on any atom is -0.379 e. The second-order valence-electron chi connectivity index (χ2n) is 5.28. The second kappa shape index (κ2) is 7.85. The molecule has 6 nitrogen and oxygen atoms in total. The summed E-state index contributed by atoms with van der Waals surface area (Å²) in [5.41, 5.74) is 0.747. The molecule has 0 unspecified atom stereocenters. The Balaban J connectivity index is 1.51. The van der Waals surface area contributed by atoms with Crippen molar-refractivity contribution in [1.82, 2.24) is 14.9 Å². The van der Waals surface area contributed by atoms with Gasteiger partial charge in [-0.3, -0.25) is 4.90 Å². The molecule has 0 bridgehead atoms. The molecule has 1 saturated heterocycles. The Bertz CT molecular complexity index is 616. The fraction of sp³-hybridized carbons (Fsp3) is 0.375. The van der Waals surface area contributed by atoms with Gasteiger partial charge in [-0.2, -0.15) is 4.98 Å². The van der Waals surface area contributed by atoms with Gasteiger partial charge >= 0.3 is 0 Å². The lowest BCUT2D eigenvalue weighted by Gasteiger charge is -2.26. The molecule has 1 aromatic carbocycles. The molecule has 2 heterocycles. The quantitative estimate of drug-likeness (QED) is 0.851. The van der Waals surface area contributed by atoms with Crippen LogP contribution in [0, 0.1) is 5.82 Å². The van der Waals surface area contributed by atoms with Crippen molar-refractivity contribution in [1.29, 1.82) is 0 Å². The molecule has 0 amide bonds. The van der Waals surface area contributed by atoms with E-state index < -0.39 is 0 Å². The lowest BCUT2D eigenvalue weighted by molar-refractivity contribution is 0.0398. The highest BCUT2D eigenvalue weighted by molar-refractivity contribution is 5.54. The molecule has 1 aliphatic heterocycles. The summed E-state index contributed by atoms with van der Waals surface area (Å²) < 4.78 is 18.2. The number of benzene rings is 1. The zero-order chi connectivity index (χ0) is 15.9. The molecular formula is C16H20FN5O. The third kappa shape index (κ3) is 4.87. The van der Waals surface area contributed by atoms with Crippen LogP contribution >= 0.6 is 0 Å². The lowest BCUT2D eigenvalue weighted by atomic mass is 10.3. The lowest BCUT2D eigenvalue weighted by Crippen LogP contribution is -2.39. The van der Waals surface area contributed by atoms with Gasteiger partial charge in [0.05, 0.1) is 13.2 Å². The van der Waals surface area contributed by atoms with Crippen molar-refractivity contribution in [2.75, 3.05) is 50.0 Å². The highest BCUT2D eigenvalue weighted by Gasteiger charge is 2.09. The third-order valence-electron chi connectivity index (χ3n) is 3.59. The number of anilines is 3. The minimum atomic E-state index is -0.269. The van der Waals surface area contributed by atoms with Gasteiger partial charge in [0.15, 0.2) is 0 Å². The van der Waals surface area contributed by atoms with Gasteiger partial charge < -0.3 is 15.4 Å². The molecule has 0 spiro atoms. The molecule has 2 N–H and O–H groups in total. The molecule has 1 aliphatic rings. The van der Waals surface area contributed by atoms with Gasteiger partial charge in [0.25, 0.3) is 0 Å². The van der Waals surface area contributed by atoms with Crippen LogP contribution < -0.4 is 10.6 Å². The van der Waals surface area contributed by atoms with Crippen LogP contribution in [0.5, 0.6) is 0 Å². The molecule has 3 rings (SSSR count). The van der Waals surface area contributed by atoms with Crippen LogP contribution in [0.25, 0.3) is 0 Å². The monoisotopic (exact) mass is 317 g/mol. The van der Waals surface area contributed by atoms with E-state index in [2.05, 4.69) is 25.5 Å². The number of ether oxygens (including phenoxy) is 1. The Morgan fingerprint density at radius 1 is 1.13 bits per heavy atom. The molecule has 23 heavy (non-hydrogen) atoms. The van der Waals surface area contributed by atoms with E-state index in [-0.39, 0.29) is 5.82 Å². The third-order valence-corrected chi connectivity index (χ3v) is 3.59. The number of hydrogen-bond donors (Lipinski definition) is 2. The van der Waals surface area contributed by atoms with Gasteiger partial charge in [0, 0.05) is 38.1 Å². The highest BCUT2D eigenvalue weighted by Crippen LogP contribution is 2.14. The van der Waals surface area contributed by atoms with Crippen LogP contribution in [0.3, 0.4) is 0 Å². The van der Waals surface area contributed by atoms with Crippen molar-refractivity contribution in [2.24, 2.45) is 0 Å². The maximum atomic E-state index is 12.9. The number of hydrogen-bond acceptors (Lipinski definition) is 6. The van der Waals surface area contributed by atoms with E-state index in [0.29, 0.717) is 5.95 Å². The maximum absolute atomic E-state index is 12.9. The molecule has 1 aromatic heterocycles. The van der Waals surface area contributed by atoms with E-state index in [9.17, 15) is 4.39 Å². The number of nitrogens with zero attached hydrogens (tertiary/aromatic N) is 3. The van der Waals surface area contributed by atoms with Crippen LogP contribution in [-0.2, 0) is 4.74 Å². The number of morpholine rings is 1. The molecule has 0 atom stereocenters. The van der Waals surface area contributed by atoms with Gasteiger partial charge in [-0.25, -0.2) is 9.37 Å². The molecule has 1 fully saturated rings. The minimum absolute atomic E-state index is 0.269. The van der Waals surface area contributed by atoms with Gasteiger partial charge in [-0.15, -0.1) is 0 Å². The maximum Gasteiger partial charge on any atom is 0.229 e. The fourth-order valence-electron chi connectivity index (χ4n) is 2.35. The summed E-state index contributed by atoms with van der Waals surface area (Å²) in [5, 5.41) is 6.35. The average Bonchev–Trinajstić information content (AvgIpc) is 2.58. The Labute approximate surface area is 134 Å². The first-order valence-corrected chi connectivity index (χ1v) is 7.69. The largest absolute Gasteiger partial charge is 0.379 e. The Morgan fingerprint density at radius 2 is 1.91 bits per heavy atom. The summed E-state index contributed by atoms with van der Waals surface area (Å²) >= 11 is 0. The SMILES string of the molecule is Fc1ccc(Nc2nccc(NCCN3CCOCC3)n2)cc1. The first-order valence-electron chi connectivity index (χ1n) is 7.69. The number of aromatic nitrogens is 2. The van der Waals surface area contributed by atoms with Crippen LogP contribution in [0.1, 0.15) is 0 Å². The normalized spacial score (nSPS) is 15.3. The van der Waals surface area contributed by atoms with Crippen LogP contribution in [0.2, 0.25) is 0 Å². The Hall–Kier alpha value is -2.25. The zero-order valence-corrected chi connectivity index (χ0v) is 12.8. The number of halogens is 1. The zero-order valence-electron chi connectivity index (χ0n) is 12.8. The summed E-state index contributed by atoms with van der Waals surface area (Å²) in [5.74, 6) is 0.973. The average molecular weight is 317 g/mol. The predicted molar refractivity (Wildman–Crippen MR) is 87.5 cm³/mol. The first-order chi connectivity index (χ1) is 11.3. The van der Waals surface area contributed by atoms with E-state index >= 15 is 0 Å². The van der Waals surface area contributed by atoms with Crippen molar-refractivity contribution in [3.8, 4) is 0 Å². The van der Waals surface area contributed by atoms with E-state index in [1.807, 2.05) is 6.07 Å². The summed E-state index contributed by atoms with van der Waals surface area (Å²) in [6, 6.07) is 7.92. The Kier molecular flexibility index (Phi) is 5.33. The molecule has 0 saturated carbocycles. The first kappa shape index (κ1) is 15.6. The van der Waals surface area contributed by atoms with Crippen molar-refractivity contribution in [2.45, 2.75) is 0 Å². The van der Waals surface area contributed by atoms with Crippen molar-refractivity contribution in [3.63, 3.8) is 0 Å². The van der Waals surface area contributed by atoms with E-state index in [0.717, 1.165) is 50.9 Å². The number of rotatable bonds is 6. The van der Waals surface area contributed by atoms with Gasteiger partial charge in [-0.1, -0.05) is 0 Å². The summed E-state index contributed by atoms with van der Waals surface area (Å²) in [4.78, 5) is 10.9. The number of nitrogens with one attached hydrogen (secondary N) is 2. The van der Waals surface area contributed by atoms with Gasteiger partial charge in [-0.05, 0) is 30.3 Å². The summed E-state index contributed by atoms with van der Waals surface area (Å²) in [6.07, 6.45) is 1.69. The van der Waals surface area contributed by atoms with E-state index in [1.165, 1.54) is 12.1 Å². The molecule has 0 radical (unpaired) electrons. The topological polar surface area (TPSA) is 62.3 Å². The van der Waals surface area contributed by atoms with Crippen molar-refractivity contribution in [3.05, 3.63) is 42.3 Å². The predicted octanol–water partition coefficient (Wildman–Crippen LogP) is 2.10. The van der Waals surface area contributed by atoms with E-state index in [1.54, 1.807) is 18.3 Å². The molecule has 2 aromatic rings. The Morgan fingerprint density at radius 3 is 2.70 bits per heavy atom. The highest BCUT2D eigenvalue weighted by atomic mass is 19.1. The summed E-state index contributed by atoms with van der Waals surface area (Å²) in [7, 11) is 0. The van der Waals surface area contributed by atoms with Gasteiger partial charge in [0.1, 0.15) is 11.6 Å². The molecular weight excluding hydrogens is 297 g/mol. The second-order valence-corrected chi connectivity index (χ2v) is 5.28. The standard InChI is InChI=1S/C16H20FN5O/c17-13-1-3-14(4-2-13)20-16-19-6-5-15(21-16)18-7-8-22-9-11-23-12-10-22/h1-6H,7-12H2,(H2,18,19,20,21). The van der Waals surface area contributed by atoms with Gasteiger partial charge in [0.2, 0.25) is 5.95 Å². The smallest absolute Gasteiger partial charge is 0.229 e. The van der Waals surface area contributed by atoms with Crippen LogP contribution in [0.15, 0.2) is 36.5 Å². The fourth-order valence-corrected chi connectivity index (χ4v) is 2.35. The van der Waals surface area contributed by atoms with Crippen LogP contribution in [0.4, 0.5) is 21.8 Å². The van der Waals surface area contributed by atoms with Crippen molar-refractivity contribution < 1.29 is 9.13 Å². The van der Waals surface area contributed by atoms with Crippen molar-refractivity contribution >= 4 is 17.5 Å².